The first-order chi connectivity index (χ1) is 8.71. The van der Waals surface area contributed by atoms with Crippen molar-refractivity contribution in [2.45, 2.75) is 19.2 Å². The average Bonchev–Trinajstić information content (AvgIpc) is 2.31. The topological polar surface area (TPSA) is 46.5 Å². The fourth-order valence-electron chi connectivity index (χ4n) is 1.80. The van der Waals surface area contributed by atoms with Gasteiger partial charge >= 0.3 is 12.1 Å². The number of benzene rings is 1. The Balaban J connectivity index is 2.64. The third kappa shape index (κ3) is 2.40. The molecule has 0 spiro atoms. The summed E-state index contributed by atoms with van der Waals surface area (Å²) in [4.78, 5) is 10.9. The van der Waals surface area contributed by atoms with E-state index in [0.29, 0.717) is 5.56 Å². The smallest absolute Gasteiger partial charge is 0.430 e. The molecular weight excluding hydrogens is 285 g/mol. The summed E-state index contributed by atoms with van der Waals surface area (Å²) < 4.78 is 43.3. The molecular formula is C12H8ClF3O3. The Hall–Kier alpha value is -1.69. The summed E-state index contributed by atoms with van der Waals surface area (Å²) in [7, 11) is 0. The second-order valence-corrected chi connectivity index (χ2v) is 4.46. The average molecular weight is 293 g/mol. The van der Waals surface area contributed by atoms with E-state index in [9.17, 15) is 18.0 Å². The Labute approximate surface area is 111 Å². The van der Waals surface area contributed by atoms with Gasteiger partial charge in [-0.25, -0.2) is 4.79 Å². The first-order valence-electron chi connectivity index (χ1n) is 5.19. The van der Waals surface area contributed by atoms with Gasteiger partial charge in [-0.1, -0.05) is 17.7 Å². The Bertz CT molecular complexity index is 578. The molecule has 1 aromatic rings. The van der Waals surface area contributed by atoms with Crippen molar-refractivity contribution in [1.29, 1.82) is 0 Å². The van der Waals surface area contributed by atoms with Crippen LogP contribution in [0.15, 0.2) is 17.7 Å². The monoisotopic (exact) mass is 292 g/mol. The lowest BCUT2D eigenvalue weighted by molar-refractivity contribution is -0.187. The lowest BCUT2D eigenvalue weighted by Crippen LogP contribution is -2.40. The van der Waals surface area contributed by atoms with Crippen molar-refractivity contribution in [1.82, 2.24) is 0 Å². The largest absolute Gasteiger partial charge is 0.478 e. The van der Waals surface area contributed by atoms with Crippen LogP contribution in [0.1, 0.15) is 11.1 Å². The van der Waals surface area contributed by atoms with E-state index < -0.39 is 23.8 Å². The first-order valence-corrected chi connectivity index (χ1v) is 5.57. The Morgan fingerprint density at radius 2 is 2.05 bits per heavy atom. The Morgan fingerprint density at radius 1 is 1.42 bits per heavy atom. The SMILES string of the molecule is Cc1ccc(Cl)c2c1OC(C(F)(F)F)C(C(=O)O)=C2. The standard InChI is InChI=1S/C12H8ClF3O3/c1-5-2-3-8(13)6-4-7(11(17)18)10(12(14,15)16)19-9(5)6/h2-4,10H,1H3,(H,17,18). The van der Waals surface area contributed by atoms with Crippen LogP contribution in [0.5, 0.6) is 5.75 Å². The summed E-state index contributed by atoms with van der Waals surface area (Å²) in [6, 6.07) is 2.98. The van der Waals surface area contributed by atoms with Gasteiger partial charge in [-0.05, 0) is 24.6 Å². The molecule has 0 saturated heterocycles. The van der Waals surface area contributed by atoms with Crippen molar-refractivity contribution < 1.29 is 27.8 Å². The Morgan fingerprint density at radius 3 is 2.58 bits per heavy atom. The van der Waals surface area contributed by atoms with Crippen LogP contribution < -0.4 is 4.74 Å². The van der Waals surface area contributed by atoms with Gasteiger partial charge in [0.2, 0.25) is 6.10 Å². The number of hydrogen-bond acceptors (Lipinski definition) is 2. The Kier molecular flexibility index (Phi) is 3.22. The number of hydrogen-bond donors (Lipinski definition) is 1. The number of alkyl halides is 3. The van der Waals surface area contributed by atoms with Gasteiger partial charge in [0, 0.05) is 5.56 Å². The molecule has 1 aliphatic heterocycles. The molecule has 0 amide bonds. The number of carboxylic acids is 1. The summed E-state index contributed by atoms with van der Waals surface area (Å²) in [5.74, 6) is -1.73. The maximum absolute atomic E-state index is 12.8. The fraction of sp³-hybridized carbons (Fsp3) is 0.250. The van der Waals surface area contributed by atoms with Gasteiger partial charge in [-0.15, -0.1) is 0 Å². The number of ether oxygens (including phenoxy) is 1. The first kappa shape index (κ1) is 13.7. The molecule has 0 aliphatic carbocycles. The maximum Gasteiger partial charge on any atom is 0.430 e. The van der Waals surface area contributed by atoms with Crippen molar-refractivity contribution in [3.8, 4) is 5.75 Å². The van der Waals surface area contributed by atoms with Gasteiger partial charge in [-0.3, -0.25) is 0 Å². The second kappa shape index (κ2) is 4.45. The lowest BCUT2D eigenvalue weighted by atomic mass is 9.99. The highest BCUT2D eigenvalue weighted by Crippen LogP contribution is 2.41. The number of carbonyl (C=O) groups is 1. The minimum absolute atomic E-state index is 0.0418. The van der Waals surface area contributed by atoms with E-state index in [4.69, 9.17) is 21.4 Å². The van der Waals surface area contributed by atoms with Gasteiger partial charge in [0.15, 0.2) is 0 Å². The number of rotatable bonds is 1. The molecule has 2 rings (SSSR count). The molecule has 0 fully saturated rings. The molecule has 0 saturated carbocycles. The van der Waals surface area contributed by atoms with E-state index in [1.54, 1.807) is 6.92 Å². The molecule has 19 heavy (non-hydrogen) atoms. The van der Waals surface area contributed by atoms with Crippen LogP contribution in [-0.4, -0.2) is 23.4 Å². The zero-order valence-electron chi connectivity index (χ0n) is 9.58. The summed E-state index contributed by atoms with van der Waals surface area (Å²) in [5.41, 5.74) is -0.276. The third-order valence-corrected chi connectivity index (χ3v) is 3.03. The van der Waals surface area contributed by atoms with Crippen LogP contribution in [-0.2, 0) is 4.79 Å². The van der Waals surface area contributed by atoms with E-state index in [0.717, 1.165) is 6.08 Å². The minimum atomic E-state index is -4.81. The van der Waals surface area contributed by atoms with Crippen molar-refractivity contribution >= 4 is 23.6 Å². The highest BCUT2D eigenvalue weighted by molar-refractivity contribution is 6.32. The second-order valence-electron chi connectivity index (χ2n) is 4.05. The van der Waals surface area contributed by atoms with Crippen molar-refractivity contribution in [3.63, 3.8) is 0 Å². The van der Waals surface area contributed by atoms with E-state index in [2.05, 4.69) is 0 Å². The number of aliphatic carboxylic acids is 1. The van der Waals surface area contributed by atoms with Crippen LogP contribution in [0.2, 0.25) is 5.02 Å². The minimum Gasteiger partial charge on any atom is -0.478 e. The number of fused-ring (bicyclic) bond motifs is 1. The molecule has 0 aromatic heterocycles. The molecule has 1 N–H and O–H groups in total. The van der Waals surface area contributed by atoms with Gasteiger partial charge in [-0.2, -0.15) is 13.2 Å². The summed E-state index contributed by atoms with van der Waals surface area (Å²) in [6.45, 7) is 1.56. The molecule has 7 heteroatoms. The maximum atomic E-state index is 12.8. The fourth-order valence-corrected chi connectivity index (χ4v) is 2.01. The highest BCUT2D eigenvalue weighted by Gasteiger charge is 2.48. The van der Waals surface area contributed by atoms with Crippen molar-refractivity contribution in [3.05, 3.63) is 33.9 Å². The van der Waals surface area contributed by atoms with Crippen LogP contribution >= 0.6 is 11.6 Å². The van der Waals surface area contributed by atoms with Crippen LogP contribution in [0, 0.1) is 6.92 Å². The predicted molar refractivity (Wildman–Crippen MR) is 62.3 cm³/mol. The van der Waals surface area contributed by atoms with Gasteiger partial charge in [0.25, 0.3) is 0 Å². The normalized spacial score (nSPS) is 18.4. The van der Waals surface area contributed by atoms with Gasteiger partial charge < -0.3 is 9.84 Å². The molecule has 1 heterocycles. The van der Waals surface area contributed by atoms with E-state index in [-0.39, 0.29) is 16.3 Å². The molecule has 1 unspecified atom stereocenters. The van der Waals surface area contributed by atoms with Gasteiger partial charge in [0.05, 0.1) is 10.6 Å². The number of halogens is 4. The van der Waals surface area contributed by atoms with Gasteiger partial charge in [0.1, 0.15) is 5.75 Å². The molecule has 3 nitrogen and oxygen atoms in total. The van der Waals surface area contributed by atoms with Crippen molar-refractivity contribution in [2.24, 2.45) is 0 Å². The summed E-state index contributed by atoms with van der Waals surface area (Å²) in [5, 5.41) is 9.01. The van der Waals surface area contributed by atoms with Crippen molar-refractivity contribution in [2.75, 3.05) is 0 Å². The van der Waals surface area contributed by atoms with E-state index in [1.807, 2.05) is 0 Å². The lowest BCUT2D eigenvalue weighted by Gasteiger charge is -2.28. The zero-order valence-corrected chi connectivity index (χ0v) is 10.3. The van der Waals surface area contributed by atoms with Crippen LogP contribution in [0.3, 0.4) is 0 Å². The molecule has 1 aromatic carbocycles. The van der Waals surface area contributed by atoms with Crippen LogP contribution in [0.25, 0.3) is 6.08 Å². The third-order valence-electron chi connectivity index (χ3n) is 2.70. The van der Waals surface area contributed by atoms with E-state index in [1.165, 1.54) is 12.1 Å². The van der Waals surface area contributed by atoms with Crippen LogP contribution in [0.4, 0.5) is 13.2 Å². The molecule has 1 aliphatic rings. The quantitative estimate of drug-likeness (QED) is 0.862. The predicted octanol–water partition coefficient (Wildman–Crippen LogP) is 3.44. The summed E-state index contributed by atoms with van der Waals surface area (Å²) >= 11 is 5.85. The number of aryl methyl sites for hydroxylation is 1. The molecule has 0 radical (unpaired) electrons. The highest BCUT2D eigenvalue weighted by atomic mass is 35.5. The summed E-state index contributed by atoms with van der Waals surface area (Å²) in [6.07, 6.45) is -6.39. The zero-order chi connectivity index (χ0) is 14.4. The van der Waals surface area contributed by atoms with E-state index >= 15 is 0 Å². The number of carboxylic acid groups (broad SMARTS) is 1. The molecule has 102 valence electrons. The molecule has 1 atom stereocenters. The molecule has 0 bridgehead atoms.